The van der Waals surface area contributed by atoms with Gasteiger partial charge in [0.15, 0.2) is 0 Å². The molecule has 1 atom stereocenters. The molecule has 0 N–H and O–H groups in total. The first kappa shape index (κ1) is 14.2. The van der Waals surface area contributed by atoms with Gasteiger partial charge in [0.05, 0.1) is 5.69 Å². The maximum Gasteiger partial charge on any atom is 0.331 e. The monoisotopic (exact) mass is 300 g/mol. The first-order chi connectivity index (χ1) is 8.93. The lowest BCUT2D eigenvalue weighted by Gasteiger charge is -2.38. The van der Waals surface area contributed by atoms with Crippen molar-refractivity contribution in [3.63, 3.8) is 0 Å². The van der Waals surface area contributed by atoms with Crippen molar-refractivity contribution in [3.8, 4) is 0 Å². The number of hydrogen-bond donors (Lipinski definition) is 0. The molecular weight excluding hydrogens is 287 g/mol. The second-order valence-electron chi connectivity index (χ2n) is 4.48. The Morgan fingerprint density at radius 2 is 1.79 bits per heavy atom. The summed E-state index contributed by atoms with van der Waals surface area (Å²) in [4.78, 5) is 27.2. The van der Waals surface area contributed by atoms with Gasteiger partial charge in [0.1, 0.15) is 0 Å². The Hall–Kier alpha value is -1.26. The van der Waals surface area contributed by atoms with Gasteiger partial charge in [0.25, 0.3) is 0 Å². The minimum atomic E-state index is -0.329. The van der Waals surface area contributed by atoms with E-state index in [2.05, 4.69) is 0 Å². The third-order valence-corrected chi connectivity index (χ3v) is 3.57. The summed E-state index contributed by atoms with van der Waals surface area (Å²) in [5.41, 5.74) is 0.415. The zero-order valence-corrected chi connectivity index (χ0v) is 12.2. The molecule has 1 heterocycles. The summed E-state index contributed by atoms with van der Waals surface area (Å²) in [5, 5.41) is 0.787. The van der Waals surface area contributed by atoms with E-state index in [0.717, 1.165) is 4.90 Å². The second-order valence-corrected chi connectivity index (χ2v) is 5.35. The van der Waals surface area contributed by atoms with E-state index in [-0.39, 0.29) is 18.0 Å². The van der Waals surface area contributed by atoms with E-state index in [0.29, 0.717) is 28.7 Å². The summed E-state index contributed by atoms with van der Waals surface area (Å²) in [6.07, 6.45) is 0.295. The van der Waals surface area contributed by atoms with E-state index in [9.17, 15) is 9.59 Å². The third-order valence-electron chi connectivity index (χ3n) is 3.13. The topological polar surface area (TPSA) is 40.6 Å². The first-order valence-electron chi connectivity index (χ1n) is 6.03. The van der Waals surface area contributed by atoms with Gasteiger partial charge in [0, 0.05) is 29.1 Å². The molecule has 4 nitrogen and oxygen atoms in total. The third kappa shape index (κ3) is 2.69. The van der Waals surface area contributed by atoms with Crippen molar-refractivity contribution < 1.29 is 9.59 Å². The molecule has 0 bridgehead atoms. The highest BCUT2D eigenvalue weighted by atomic mass is 35.5. The van der Waals surface area contributed by atoms with Gasteiger partial charge in [0.2, 0.25) is 5.91 Å². The molecule has 0 aromatic heterocycles. The van der Waals surface area contributed by atoms with Gasteiger partial charge in [-0.3, -0.25) is 4.79 Å². The number of benzene rings is 1. The number of nitrogens with zero attached hydrogens (tertiary/aromatic N) is 2. The number of carbonyl (C=O) groups excluding carboxylic acids is 2. The van der Waals surface area contributed by atoms with Crippen molar-refractivity contribution in [2.75, 3.05) is 11.4 Å². The lowest BCUT2D eigenvalue weighted by Crippen LogP contribution is -2.56. The van der Waals surface area contributed by atoms with E-state index in [1.165, 1.54) is 0 Å². The molecule has 0 saturated carbocycles. The van der Waals surface area contributed by atoms with Gasteiger partial charge in [-0.05, 0) is 32.0 Å². The van der Waals surface area contributed by atoms with Crippen LogP contribution in [0, 0.1) is 0 Å². The predicted octanol–water partition coefficient (Wildman–Crippen LogP) is 3.56. The SMILES string of the molecule is CCN1C(=O)N(c2cc(Cl)cc(Cl)c2)C(=O)CC1C. The Labute approximate surface area is 121 Å². The molecule has 1 unspecified atom stereocenters. The van der Waals surface area contributed by atoms with Gasteiger partial charge in [-0.1, -0.05) is 23.2 Å². The van der Waals surface area contributed by atoms with Crippen molar-refractivity contribution in [2.45, 2.75) is 26.3 Å². The molecule has 1 aliphatic rings. The molecule has 0 radical (unpaired) electrons. The zero-order valence-electron chi connectivity index (χ0n) is 10.7. The summed E-state index contributed by atoms with van der Waals surface area (Å²) >= 11 is 11.8. The van der Waals surface area contributed by atoms with E-state index < -0.39 is 0 Å². The van der Waals surface area contributed by atoms with Gasteiger partial charge in [-0.2, -0.15) is 0 Å². The largest absolute Gasteiger partial charge is 0.331 e. The highest BCUT2D eigenvalue weighted by Gasteiger charge is 2.36. The maximum atomic E-state index is 12.3. The van der Waals surface area contributed by atoms with Crippen LogP contribution in [-0.4, -0.2) is 29.4 Å². The Morgan fingerprint density at radius 1 is 1.21 bits per heavy atom. The van der Waals surface area contributed by atoms with Crippen molar-refractivity contribution in [1.29, 1.82) is 0 Å². The van der Waals surface area contributed by atoms with E-state index in [1.54, 1.807) is 23.1 Å². The molecule has 1 aliphatic heterocycles. The van der Waals surface area contributed by atoms with E-state index in [1.807, 2.05) is 13.8 Å². The summed E-state index contributed by atoms with van der Waals surface area (Å²) in [6, 6.07) is 4.27. The summed E-state index contributed by atoms with van der Waals surface area (Å²) in [5.74, 6) is -0.236. The van der Waals surface area contributed by atoms with Gasteiger partial charge in [-0.25, -0.2) is 9.69 Å². The number of hydrogen-bond acceptors (Lipinski definition) is 2. The number of amides is 3. The molecule has 0 aliphatic carbocycles. The lowest BCUT2D eigenvalue weighted by atomic mass is 10.1. The smallest absolute Gasteiger partial charge is 0.321 e. The molecule has 6 heteroatoms. The fourth-order valence-corrected chi connectivity index (χ4v) is 2.76. The van der Waals surface area contributed by atoms with Crippen molar-refractivity contribution in [3.05, 3.63) is 28.2 Å². The average molecular weight is 301 g/mol. The molecule has 3 amide bonds. The normalized spacial score (nSPS) is 20.1. The fraction of sp³-hybridized carbons (Fsp3) is 0.385. The van der Waals surface area contributed by atoms with Crippen LogP contribution in [0.15, 0.2) is 18.2 Å². The van der Waals surface area contributed by atoms with Crippen LogP contribution < -0.4 is 4.90 Å². The number of urea groups is 1. The Balaban J connectivity index is 2.42. The molecule has 0 spiro atoms. The molecule has 1 aromatic carbocycles. The fourth-order valence-electron chi connectivity index (χ4n) is 2.25. The van der Waals surface area contributed by atoms with Crippen molar-refractivity contribution in [2.24, 2.45) is 0 Å². The molecule has 19 heavy (non-hydrogen) atoms. The van der Waals surface area contributed by atoms with Crippen LogP contribution in [0.1, 0.15) is 20.3 Å². The number of imide groups is 1. The minimum absolute atomic E-state index is 0.0871. The van der Waals surface area contributed by atoms with E-state index in [4.69, 9.17) is 23.2 Å². The van der Waals surface area contributed by atoms with Gasteiger partial charge >= 0.3 is 6.03 Å². The minimum Gasteiger partial charge on any atom is -0.321 e. The summed E-state index contributed by atoms with van der Waals surface area (Å²) in [7, 11) is 0. The second kappa shape index (κ2) is 5.39. The standard InChI is InChI=1S/C13H14Cl2N2O2/c1-3-16-8(2)4-12(18)17(13(16)19)11-6-9(14)5-10(15)7-11/h5-8H,3-4H2,1-2H3. The Bertz CT molecular complexity index is 513. The van der Waals surface area contributed by atoms with Crippen LogP contribution in [0.3, 0.4) is 0 Å². The van der Waals surface area contributed by atoms with Gasteiger partial charge in [-0.15, -0.1) is 0 Å². The summed E-state index contributed by atoms with van der Waals surface area (Å²) < 4.78 is 0. The molecule has 1 saturated heterocycles. The van der Waals surface area contributed by atoms with Crippen LogP contribution in [0.25, 0.3) is 0 Å². The van der Waals surface area contributed by atoms with Crippen LogP contribution in [0.5, 0.6) is 0 Å². The Kier molecular flexibility index (Phi) is 4.02. The van der Waals surface area contributed by atoms with E-state index >= 15 is 0 Å². The first-order valence-corrected chi connectivity index (χ1v) is 6.79. The summed E-state index contributed by atoms with van der Waals surface area (Å²) in [6.45, 7) is 4.30. The number of anilines is 1. The molecular formula is C13H14Cl2N2O2. The predicted molar refractivity (Wildman–Crippen MR) is 75.8 cm³/mol. The average Bonchev–Trinajstić information content (AvgIpc) is 2.27. The molecule has 1 fully saturated rings. The van der Waals surface area contributed by atoms with Crippen molar-refractivity contribution in [1.82, 2.24) is 4.90 Å². The van der Waals surface area contributed by atoms with Crippen LogP contribution in [-0.2, 0) is 4.79 Å². The number of carbonyl (C=O) groups is 2. The molecule has 2 rings (SSSR count). The number of halogens is 2. The quantitative estimate of drug-likeness (QED) is 0.838. The van der Waals surface area contributed by atoms with Gasteiger partial charge < -0.3 is 4.90 Å². The zero-order chi connectivity index (χ0) is 14.2. The molecule has 1 aromatic rings. The van der Waals surface area contributed by atoms with Crippen LogP contribution in [0.4, 0.5) is 10.5 Å². The Morgan fingerprint density at radius 3 is 2.32 bits per heavy atom. The number of rotatable bonds is 2. The van der Waals surface area contributed by atoms with Crippen LogP contribution in [0.2, 0.25) is 10.0 Å². The molecule has 102 valence electrons. The van der Waals surface area contributed by atoms with Crippen LogP contribution >= 0.6 is 23.2 Å². The highest BCUT2D eigenvalue weighted by Crippen LogP contribution is 2.29. The lowest BCUT2D eigenvalue weighted by molar-refractivity contribution is -0.120. The highest BCUT2D eigenvalue weighted by molar-refractivity contribution is 6.35. The maximum absolute atomic E-state index is 12.3. The van der Waals surface area contributed by atoms with Crippen molar-refractivity contribution >= 4 is 40.8 Å².